The van der Waals surface area contributed by atoms with Crippen LogP contribution >= 0.6 is 0 Å². The summed E-state index contributed by atoms with van der Waals surface area (Å²) < 4.78 is 16.8. The van der Waals surface area contributed by atoms with E-state index >= 15 is 0 Å². The molecule has 1 unspecified atom stereocenters. The monoisotopic (exact) mass is 939 g/mol. The van der Waals surface area contributed by atoms with Crippen molar-refractivity contribution in [2.75, 3.05) is 13.2 Å². The van der Waals surface area contributed by atoms with Crippen molar-refractivity contribution in [3.8, 4) is 0 Å². The zero-order chi connectivity index (χ0) is 48.6. The molecule has 0 aromatic heterocycles. The van der Waals surface area contributed by atoms with E-state index in [1.54, 1.807) is 0 Å². The number of unbranched alkanes of at least 4 members (excludes halogenated alkanes) is 34. The summed E-state index contributed by atoms with van der Waals surface area (Å²) in [4.78, 5) is 37.9. The van der Waals surface area contributed by atoms with Crippen LogP contribution in [0.3, 0.4) is 0 Å². The normalized spacial score (nSPS) is 12.3. The first-order chi connectivity index (χ1) is 33.0. The molecule has 1 atom stereocenters. The van der Waals surface area contributed by atoms with Crippen LogP contribution in [-0.4, -0.2) is 37.2 Å². The van der Waals surface area contributed by atoms with Crippen molar-refractivity contribution in [2.24, 2.45) is 0 Å². The zero-order valence-corrected chi connectivity index (χ0v) is 44.7. The summed E-state index contributed by atoms with van der Waals surface area (Å²) in [5.41, 5.74) is 0. The minimum Gasteiger partial charge on any atom is -0.462 e. The molecule has 6 heteroatoms. The topological polar surface area (TPSA) is 78.9 Å². The minimum absolute atomic E-state index is 0.0744. The number of carbonyl (C=O) groups excluding carboxylic acids is 3. The highest BCUT2D eigenvalue weighted by Gasteiger charge is 2.19. The predicted octanol–water partition coefficient (Wildman–Crippen LogP) is 19.4. The highest BCUT2D eigenvalue weighted by atomic mass is 16.6. The standard InChI is InChI=1S/C61H110O6/c1-4-7-10-13-16-18-20-22-24-26-27-28-29-30-31-32-33-35-36-38-40-42-45-48-51-54-60(63)66-57-58(56-65-59(62)53-50-47-44-15-12-9-6-3)67-61(64)55-52-49-46-43-41-39-37-34-25-23-21-19-17-14-11-8-5-2/h17,19-20,22-23,25-27,58H,4-16,18,21,24,28-57H2,1-3H3/b19-17-,22-20-,25-23-,27-26-. The van der Waals surface area contributed by atoms with E-state index in [9.17, 15) is 14.4 Å². The molecule has 0 fully saturated rings. The van der Waals surface area contributed by atoms with E-state index in [2.05, 4.69) is 69.4 Å². The minimum atomic E-state index is -0.773. The smallest absolute Gasteiger partial charge is 0.306 e. The third-order valence-electron chi connectivity index (χ3n) is 12.8. The third kappa shape index (κ3) is 54.2. The van der Waals surface area contributed by atoms with Gasteiger partial charge in [-0.1, -0.05) is 249 Å². The van der Waals surface area contributed by atoms with Crippen LogP contribution in [0.5, 0.6) is 0 Å². The van der Waals surface area contributed by atoms with Crippen LogP contribution in [0, 0.1) is 0 Å². The van der Waals surface area contributed by atoms with Gasteiger partial charge < -0.3 is 14.2 Å². The second-order valence-electron chi connectivity index (χ2n) is 19.6. The molecule has 0 saturated heterocycles. The Hall–Kier alpha value is -2.63. The Morgan fingerprint density at radius 1 is 0.299 bits per heavy atom. The molecule has 0 rings (SSSR count). The van der Waals surface area contributed by atoms with Gasteiger partial charge in [0.15, 0.2) is 6.10 Å². The summed E-state index contributed by atoms with van der Waals surface area (Å²) in [6.45, 7) is 6.58. The molecule has 0 aromatic rings. The number of esters is 3. The molecular formula is C61H110O6. The van der Waals surface area contributed by atoms with Crippen molar-refractivity contribution in [3.63, 3.8) is 0 Å². The summed E-state index contributed by atoms with van der Waals surface area (Å²) in [6, 6.07) is 0. The molecule has 67 heavy (non-hydrogen) atoms. The molecule has 0 N–H and O–H groups in total. The summed E-state index contributed by atoms with van der Waals surface area (Å²) in [7, 11) is 0. The number of hydrogen-bond acceptors (Lipinski definition) is 6. The maximum atomic E-state index is 12.8. The molecule has 0 heterocycles. The Balaban J connectivity index is 4.14. The van der Waals surface area contributed by atoms with Crippen LogP contribution in [0.1, 0.15) is 303 Å². The van der Waals surface area contributed by atoms with E-state index in [1.807, 2.05) is 0 Å². The van der Waals surface area contributed by atoms with E-state index in [0.717, 1.165) is 77.0 Å². The van der Waals surface area contributed by atoms with Gasteiger partial charge in [0.25, 0.3) is 0 Å². The number of allylic oxidation sites excluding steroid dienone is 8. The quantitative estimate of drug-likeness (QED) is 0.0262. The van der Waals surface area contributed by atoms with Gasteiger partial charge in [-0.15, -0.1) is 0 Å². The Morgan fingerprint density at radius 2 is 0.537 bits per heavy atom. The Bertz CT molecular complexity index is 1170. The van der Waals surface area contributed by atoms with Gasteiger partial charge in [0, 0.05) is 19.3 Å². The van der Waals surface area contributed by atoms with E-state index in [1.165, 1.54) is 186 Å². The highest BCUT2D eigenvalue weighted by molar-refractivity contribution is 5.71. The van der Waals surface area contributed by atoms with Crippen molar-refractivity contribution in [1.29, 1.82) is 0 Å². The molecule has 390 valence electrons. The molecule has 0 aliphatic carbocycles. The first-order valence-corrected chi connectivity index (χ1v) is 29.1. The lowest BCUT2D eigenvalue weighted by atomic mass is 10.0. The van der Waals surface area contributed by atoms with Gasteiger partial charge in [0.2, 0.25) is 0 Å². The van der Waals surface area contributed by atoms with Crippen molar-refractivity contribution in [1.82, 2.24) is 0 Å². The van der Waals surface area contributed by atoms with Crippen LogP contribution in [-0.2, 0) is 28.6 Å². The summed E-state index contributed by atoms with van der Waals surface area (Å²) >= 11 is 0. The van der Waals surface area contributed by atoms with Crippen LogP contribution in [0.4, 0.5) is 0 Å². The lowest BCUT2D eigenvalue weighted by Crippen LogP contribution is -2.30. The predicted molar refractivity (Wildman–Crippen MR) is 289 cm³/mol. The summed E-state index contributed by atoms with van der Waals surface area (Å²) in [5.74, 6) is -0.878. The molecule has 0 aliphatic rings. The van der Waals surface area contributed by atoms with Crippen LogP contribution in [0.2, 0.25) is 0 Å². The van der Waals surface area contributed by atoms with Crippen LogP contribution in [0.25, 0.3) is 0 Å². The van der Waals surface area contributed by atoms with E-state index in [-0.39, 0.29) is 31.1 Å². The first-order valence-electron chi connectivity index (χ1n) is 29.1. The second-order valence-corrected chi connectivity index (χ2v) is 19.6. The fraction of sp³-hybridized carbons (Fsp3) is 0.820. The van der Waals surface area contributed by atoms with Crippen LogP contribution in [0.15, 0.2) is 48.6 Å². The molecule has 0 saturated carbocycles. The molecule has 6 nitrogen and oxygen atoms in total. The van der Waals surface area contributed by atoms with Crippen LogP contribution < -0.4 is 0 Å². The lowest BCUT2D eigenvalue weighted by molar-refractivity contribution is -0.167. The summed E-state index contributed by atoms with van der Waals surface area (Å²) in [6.07, 6.45) is 68.4. The van der Waals surface area contributed by atoms with E-state index in [0.29, 0.717) is 19.3 Å². The molecule has 0 aliphatic heterocycles. The third-order valence-corrected chi connectivity index (χ3v) is 12.8. The van der Waals surface area contributed by atoms with Gasteiger partial charge in [0.1, 0.15) is 13.2 Å². The fourth-order valence-electron chi connectivity index (χ4n) is 8.39. The van der Waals surface area contributed by atoms with Gasteiger partial charge in [-0.25, -0.2) is 0 Å². The molecule has 0 bridgehead atoms. The maximum absolute atomic E-state index is 12.8. The Kier molecular flexibility index (Phi) is 53.8. The number of rotatable bonds is 53. The number of hydrogen-bond donors (Lipinski definition) is 0. The zero-order valence-electron chi connectivity index (χ0n) is 44.7. The highest BCUT2D eigenvalue weighted by Crippen LogP contribution is 2.16. The van der Waals surface area contributed by atoms with Gasteiger partial charge in [-0.05, 0) is 83.5 Å². The first kappa shape index (κ1) is 64.4. The molecular weight excluding hydrogens is 829 g/mol. The van der Waals surface area contributed by atoms with Gasteiger partial charge in [0.05, 0.1) is 0 Å². The molecule has 0 spiro atoms. The molecule has 0 aromatic carbocycles. The van der Waals surface area contributed by atoms with Crippen molar-refractivity contribution in [2.45, 2.75) is 309 Å². The van der Waals surface area contributed by atoms with Gasteiger partial charge in [-0.3, -0.25) is 14.4 Å². The van der Waals surface area contributed by atoms with Crippen molar-refractivity contribution >= 4 is 17.9 Å². The SMILES string of the molecule is CCCCC/C=C\C/C=C\CCCCCCCCCC(=O)OC(COC(=O)CCCCCCCCC)COC(=O)CCCCCCCCCCCCCCC/C=C\C/C=C\CCCCCCC. The van der Waals surface area contributed by atoms with Gasteiger partial charge >= 0.3 is 17.9 Å². The lowest BCUT2D eigenvalue weighted by Gasteiger charge is -2.18. The maximum Gasteiger partial charge on any atom is 0.306 e. The van der Waals surface area contributed by atoms with Gasteiger partial charge in [-0.2, -0.15) is 0 Å². The van der Waals surface area contributed by atoms with E-state index < -0.39 is 6.10 Å². The largest absolute Gasteiger partial charge is 0.462 e. The Labute approximate surface area is 416 Å². The number of ether oxygens (including phenoxy) is 3. The second kappa shape index (κ2) is 56.0. The fourth-order valence-corrected chi connectivity index (χ4v) is 8.39. The van der Waals surface area contributed by atoms with Crippen molar-refractivity contribution < 1.29 is 28.6 Å². The average Bonchev–Trinajstić information content (AvgIpc) is 3.33. The number of carbonyl (C=O) groups is 3. The molecule has 0 amide bonds. The van der Waals surface area contributed by atoms with E-state index in [4.69, 9.17) is 14.2 Å². The van der Waals surface area contributed by atoms with Crippen molar-refractivity contribution in [3.05, 3.63) is 48.6 Å². The summed E-state index contributed by atoms with van der Waals surface area (Å²) in [5, 5.41) is 0. The molecule has 0 radical (unpaired) electrons. The Morgan fingerprint density at radius 3 is 0.851 bits per heavy atom. The average molecular weight is 940 g/mol.